The Hall–Kier alpha value is -4.03. The molecule has 35 heavy (non-hydrogen) atoms. The standard InChI is InChI=1S/C20H17BrFN7O6/c21-13-9-12(1-2-14(13)22)29-16(11-31)34-27-19(29)17-18(26-35-25-17)23-3-4-24-20(32)15(10-30)28-5-7-33-8-6-28/h1-2,9H,3-8H2,(H,23,26)(H,24,32). The average Bonchev–Trinajstić information content (AvgIpc) is 3.51. The fraction of sp³-hybridized carbons (Fsp3) is 0.300. The Morgan fingerprint density at radius 1 is 1.20 bits per heavy atom. The Morgan fingerprint density at radius 3 is 2.71 bits per heavy atom. The number of rotatable bonds is 8. The number of anilines is 2. The van der Waals surface area contributed by atoms with Crippen LogP contribution in [0.4, 0.5) is 15.9 Å². The van der Waals surface area contributed by atoms with Gasteiger partial charge in [0.1, 0.15) is 5.82 Å². The third-order valence-electron chi connectivity index (χ3n) is 4.92. The van der Waals surface area contributed by atoms with Gasteiger partial charge in [-0.05, 0) is 44.4 Å². The molecule has 2 aromatic rings. The molecule has 1 aromatic carbocycles. The van der Waals surface area contributed by atoms with Gasteiger partial charge >= 0.3 is 5.88 Å². The first-order chi connectivity index (χ1) is 17.0. The summed E-state index contributed by atoms with van der Waals surface area (Å²) in [4.78, 5) is 42.9. The maximum absolute atomic E-state index is 13.7. The van der Waals surface area contributed by atoms with E-state index in [2.05, 4.69) is 42.0 Å². The third kappa shape index (κ3) is 5.23. The van der Waals surface area contributed by atoms with Gasteiger partial charge in [-0.25, -0.2) is 23.5 Å². The Labute approximate surface area is 205 Å². The molecule has 1 aromatic heterocycles. The SMILES string of the molecule is O=C=C(C(=O)NCCNc1nonc1C1=NOC(=C=O)N1c1ccc(F)c(Br)c1)N1CCOCC1. The molecule has 182 valence electrons. The number of amides is 1. The molecule has 4 rings (SSSR count). The zero-order valence-electron chi connectivity index (χ0n) is 17.9. The summed E-state index contributed by atoms with van der Waals surface area (Å²) >= 11 is 3.09. The van der Waals surface area contributed by atoms with E-state index >= 15 is 0 Å². The van der Waals surface area contributed by atoms with Crippen LogP contribution in [0.25, 0.3) is 0 Å². The number of hydrogen-bond acceptors (Lipinski definition) is 12. The number of halogens is 2. The molecular formula is C20H17BrFN7O6. The van der Waals surface area contributed by atoms with Gasteiger partial charge < -0.3 is 25.1 Å². The molecule has 0 aliphatic carbocycles. The second-order valence-electron chi connectivity index (χ2n) is 7.04. The molecule has 2 aliphatic heterocycles. The number of carbonyl (C=O) groups is 1. The van der Waals surface area contributed by atoms with Crippen molar-refractivity contribution >= 4 is 51.1 Å². The molecule has 1 fully saturated rings. The first-order valence-corrected chi connectivity index (χ1v) is 11.0. The quantitative estimate of drug-likeness (QED) is 0.267. The number of nitrogens with one attached hydrogen (secondary N) is 2. The molecule has 13 nitrogen and oxygen atoms in total. The Kier molecular flexibility index (Phi) is 7.53. The Morgan fingerprint density at radius 2 is 2.00 bits per heavy atom. The van der Waals surface area contributed by atoms with Crippen LogP contribution in [0.3, 0.4) is 0 Å². The van der Waals surface area contributed by atoms with Crippen molar-refractivity contribution in [2.24, 2.45) is 5.16 Å². The van der Waals surface area contributed by atoms with E-state index in [1.807, 2.05) is 0 Å². The maximum Gasteiger partial charge on any atom is 0.320 e. The van der Waals surface area contributed by atoms with E-state index in [0.29, 0.717) is 32.0 Å². The minimum atomic E-state index is -0.565. The maximum atomic E-state index is 13.7. The summed E-state index contributed by atoms with van der Waals surface area (Å²) in [5, 5.41) is 17.0. The first-order valence-electron chi connectivity index (χ1n) is 10.2. The van der Waals surface area contributed by atoms with Gasteiger partial charge in [-0.3, -0.25) is 4.79 Å². The highest BCUT2D eigenvalue weighted by Gasteiger charge is 2.34. The Balaban J connectivity index is 1.41. The Bertz CT molecular complexity index is 1250. The molecule has 3 heterocycles. The molecule has 0 unspecified atom stereocenters. The summed E-state index contributed by atoms with van der Waals surface area (Å²) in [5.74, 6) is 2.11. The number of ether oxygens (including phenoxy) is 1. The van der Waals surface area contributed by atoms with Crippen molar-refractivity contribution in [1.82, 2.24) is 20.5 Å². The van der Waals surface area contributed by atoms with Gasteiger partial charge in [0.05, 0.1) is 23.4 Å². The molecule has 0 atom stereocenters. The number of nitrogens with zero attached hydrogens (tertiary/aromatic N) is 5. The van der Waals surface area contributed by atoms with Gasteiger partial charge in [0.2, 0.25) is 11.7 Å². The normalized spacial score (nSPS) is 15.1. The number of hydrogen-bond donors (Lipinski definition) is 2. The van der Waals surface area contributed by atoms with Gasteiger partial charge in [-0.1, -0.05) is 5.16 Å². The lowest BCUT2D eigenvalue weighted by Gasteiger charge is -2.28. The lowest BCUT2D eigenvalue weighted by atomic mass is 10.2. The number of aromatic nitrogens is 2. The van der Waals surface area contributed by atoms with Crippen LogP contribution in [0.15, 0.2) is 44.0 Å². The van der Waals surface area contributed by atoms with Crippen LogP contribution in [-0.4, -0.2) is 78.2 Å². The first kappa shape index (κ1) is 24.1. The highest BCUT2D eigenvalue weighted by atomic mass is 79.9. The van der Waals surface area contributed by atoms with Crippen molar-refractivity contribution in [2.75, 3.05) is 49.6 Å². The highest BCUT2D eigenvalue weighted by Crippen LogP contribution is 2.31. The predicted octanol–water partition coefficient (Wildman–Crippen LogP) is 0.418. The van der Waals surface area contributed by atoms with Crippen LogP contribution >= 0.6 is 15.9 Å². The highest BCUT2D eigenvalue weighted by molar-refractivity contribution is 9.10. The fourth-order valence-electron chi connectivity index (χ4n) is 3.27. The lowest BCUT2D eigenvalue weighted by molar-refractivity contribution is -0.119. The van der Waals surface area contributed by atoms with Crippen LogP contribution in [0, 0.1) is 5.82 Å². The van der Waals surface area contributed by atoms with E-state index in [1.54, 1.807) is 16.8 Å². The van der Waals surface area contributed by atoms with Gasteiger partial charge in [0.25, 0.3) is 5.91 Å². The van der Waals surface area contributed by atoms with Crippen molar-refractivity contribution in [3.8, 4) is 0 Å². The van der Waals surface area contributed by atoms with Crippen molar-refractivity contribution in [3.05, 3.63) is 45.8 Å². The molecule has 0 radical (unpaired) electrons. The van der Waals surface area contributed by atoms with Crippen molar-refractivity contribution in [1.29, 1.82) is 0 Å². The molecular weight excluding hydrogens is 533 g/mol. The molecule has 0 spiro atoms. The molecule has 1 amide bonds. The van der Waals surface area contributed by atoms with E-state index in [1.165, 1.54) is 23.1 Å². The molecule has 0 bridgehead atoms. The molecule has 1 saturated heterocycles. The molecule has 0 saturated carbocycles. The van der Waals surface area contributed by atoms with Gasteiger partial charge in [-0.2, -0.15) is 0 Å². The summed E-state index contributed by atoms with van der Waals surface area (Å²) in [6.45, 7) is 1.98. The number of carbonyl (C=O) groups excluding carboxylic acids is 3. The fourth-order valence-corrected chi connectivity index (χ4v) is 3.64. The third-order valence-corrected chi connectivity index (χ3v) is 5.53. The largest absolute Gasteiger partial charge is 0.378 e. The minimum Gasteiger partial charge on any atom is -0.378 e. The van der Waals surface area contributed by atoms with Gasteiger partial charge in [0, 0.05) is 26.2 Å². The molecule has 2 N–H and O–H groups in total. The van der Waals surface area contributed by atoms with E-state index in [9.17, 15) is 18.8 Å². The van der Waals surface area contributed by atoms with Crippen molar-refractivity contribution in [3.63, 3.8) is 0 Å². The van der Waals surface area contributed by atoms with E-state index in [-0.39, 0.29) is 46.5 Å². The lowest BCUT2D eigenvalue weighted by Crippen LogP contribution is -2.42. The van der Waals surface area contributed by atoms with E-state index in [4.69, 9.17) is 14.2 Å². The van der Waals surface area contributed by atoms with Crippen LogP contribution in [-0.2, 0) is 24.0 Å². The number of oxime groups is 1. The summed E-state index contributed by atoms with van der Waals surface area (Å²) < 4.78 is 23.9. The van der Waals surface area contributed by atoms with Gasteiger partial charge in [0.15, 0.2) is 23.3 Å². The zero-order chi connectivity index (χ0) is 24.8. The monoisotopic (exact) mass is 549 g/mol. The zero-order valence-corrected chi connectivity index (χ0v) is 19.5. The summed E-state index contributed by atoms with van der Waals surface area (Å²) in [5.41, 5.74) is 0.332. The molecule has 2 aliphatic rings. The number of amidine groups is 1. The van der Waals surface area contributed by atoms with Gasteiger partial charge in [-0.15, -0.1) is 0 Å². The number of morpholine rings is 1. The average molecular weight is 550 g/mol. The minimum absolute atomic E-state index is 0.0353. The van der Waals surface area contributed by atoms with Crippen molar-refractivity contribution in [2.45, 2.75) is 0 Å². The van der Waals surface area contributed by atoms with E-state index in [0.717, 1.165) is 0 Å². The smallest absolute Gasteiger partial charge is 0.320 e. The predicted molar refractivity (Wildman–Crippen MR) is 121 cm³/mol. The van der Waals surface area contributed by atoms with Crippen LogP contribution in [0.5, 0.6) is 0 Å². The second kappa shape index (κ2) is 10.9. The van der Waals surface area contributed by atoms with Crippen molar-refractivity contribution < 1.29 is 33.0 Å². The van der Waals surface area contributed by atoms with Crippen LogP contribution < -0.4 is 15.5 Å². The topological polar surface area (TPSA) is 151 Å². The number of benzene rings is 1. The molecule has 15 heteroatoms. The summed E-state index contributed by atoms with van der Waals surface area (Å²) in [6.07, 6.45) is 0. The van der Waals surface area contributed by atoms with Crippen LogP contribution in [0.1, 0.15) is 5.69 Å². The van der Waals surface area contributed by atoms with E-state index < -0.39 is 11.7 Å². The second-order valence-corrected chi connectivity index (χ2v) is 7.90. The summed E-state index contributed by atoms with van der Waals surface area (Å²) in [7, 11) is 0. The van der Waals surface area contributed by atoms with Crippen LogP contribution in [0.2, 0.25) is 0 Å². The summed E-state index contributed by atoms with van der Waals surface area (Å²) in [6, 6.07) is 4.02.